The van der Waals surface area contributed by atoms with E-state index >= 15 is 0 Å². The van der Waals surface area contributed by atoms with Gasteiger partial charge in [0.1, 0.15) is 6.04 Å². The molecule has 0 unspecified atom stereocenters. The third-order valence-corrected chi connectivity index (χ3v) is 2.75. The van der Waals surface area contributed by atoms with Gasteiger partial charge in [-0.2, -0.15) is 13.2 Å². The number of carbonyl (C=O) groups excluding carboxylic acids is 2. The summed E-state index contributed by atoms with van der Waals surface area (Å²) in [5, 5.41) is 11.4. The first-order valence-electron chi connectivity index (χ1n) is 5.80. The van der Waals surface area contributed by atoms with Crippen molar-refractivity contribution in [3.8, 4) is 0 Å². The molecule has 1 amide bonds. The molecule has 2 rings (SSSR count). The van der Waals surface area contributed by atoms with Gasteiger partial charge in [-0.05, 0) is 24.3 Å². The van der Waals surface area contributed by atoms with Crippen molar-refractivity contribution in [3.63, 3.8) is 0 Å². The Morgan fingerprint density at radius 2 is 1.90 bits per heavy atom. The van der Waals surface area contributed by atoms with Gasteiger partial charge in [0, 0.05) is 5.56 Å². The van der Waals surface area contributed by atoms with Crippen molar-refractivity contribution < 1.29 is 32.6 Å². The summed E-state index contributed by atoms with van der Waals surface area (Å²) in [7, 11) is 0. The van der Waals surface area contributed by atoms with Crippen LogP contribution in [0, 0.1) is 0 Å². The lowest BCUT2D eigenvalue weighted by atomic mass is 10.1. The van der Waals surface area contributed by atoms with Crippen molar-refractivity contribution in [3.05, 3.63) is 48.0 Å². The molecule has 0 spiro atoms. The van der Waals surface area contributed by atoms with E-state index in [0.29, 0.717) is 0 Å². The Morgan fingerprint density at radius 3 is 2.43 bits per heavy atom. The Hall–Kier alpha value is -2.35. The molecule has 2 atom stereocenters. The van der Waals surface area contributed by atoms with Crippen molar-refractivity contribution in [2.45, 2.75) is 18.0 Å². The highest BCUT2D eigenvalue weighted by Gasteiger charge is 2.58. The number of esters is 1. The minimum Gasteiger partial charge on any atom is -0.418 e. The van der Waals surface area contributed by atoms with Crippen LogP contribution in [-0.4, -0.2) is 35.0 Å². The minimum atomic E-state index is -5.16. The molecule has 21 heavy (non-hydrogen) atoms. The van der Waals surface area contributed by atoms with Gasteiger partial charge in [-0.1, -0.05) is 18.2 Å². The zero-order valence-electron chi connectivity index (χ0n) is 10.4. The molecular weight excluding hydrogens is 291 g/mol. The number of alkyl halides is 3. The van der Waals surface area contributed by atoms with Gasteiger partial charge in [-0.15, -0.1) is 0 Å². The fourth-order valence-corrected chi connectivity index (χ4v) is 1.63. The minimum absolute atomic E-state index is 0.232. The maximum atomic E-state index is 12.5. The van der Waals surface area contributed by atoms with E-state index in [0.717, 1.165) is 6.08 Å². The smallest absolute Gasteiger partial charge is 0.418 e. The van der Waals surface area contributed by atoms with Gasteiger partial charge >= 0.3 is 17.9 Å². The van der Waals surface area contributed by atoms with Crippen LogP contribution in [0.5, 0.6) is 0 Å². The third kappa shape index (κ3) is 3.05. The van der Waals surface area contributed by atoms with Gasteiger partial charge in [-0.3, -0.25) is 4.79 Å². The van der Waals surface area contributed by atoms with Crippen LogP contribution in [0.25, 0.3) is 0 Å². The van der Waals surface area contributed by atoms with Crippen molar-refractivity contribution >= 4 is 11.9 Å². The van der Waals surface area contributed by atoms with Gasteiger partial charge in [0.2, 0.25) is 0 Å². The van der Waals surface area contributed by atoms with Gasteiger partial charge in [0.05, 0.1) is 0 Å². The molecule has 1 aromatic rings. The van der Waals surface area contributed by atoms with E-state index in [1.165, 1.54) is 12.1 Å². The molecule has 0 bridgehead atoms. The molecule has 2 N–H and O–H groups in total. The summed E-state index contributed by atoms with van der Waals surface area (Å²) in [6, 6.07) is 6.40. The van der Waals surface area contributed by atoms with Crippen molar-refractivity contribution in [2.24, 2.45) is 0 Å². The Labute approximate surface area is 117 Å². The predicted molar refractivity (Wildman–Crippen MR) is 63.9 cm³/mol. The molecule has 112 valence electrons. The van der Waals surface area contributed by atoms with Gasteiger partial charge in [-0.25, -0.2) is 4.79 Å². The maximum Gasteiger partial charge on any atom is 0.459 e. The van der Waals surface area contributed by atoms with Crippen LogP contribution in [0.3, 0.4) is 0 Å². The van der Waals surface area contributed by atoms with Crippen LogP contribution < -0.4 is 5.32 Å². The number of aliphatic hydroxyl groups is 1. The average Bonchev–Trinajstić information content (AvgIpc) is 2.42. The van der Waals surface area contributed by atoms with E-state index in [1.54, 1.807) is 18.2 Å². The number of cyclic esters (lactones) is 1. The van der Waals surface area contributed by atoms with Crippen LogP contribution in [0.2, 0.25) is 0 Å². The Morgan fingerprint density at radius 1 is 1.29 bits per heavy atom. The highest BCUT2D eigenvalue weighted by molar-refractivity contribution is 5.97. The fourth-order valence-electron chi connectivity index (χ4n) is 1.63. The molecule has 1 aromatic carbocycles. The molecule has 0 radical (unpaired) electrons. The second-order valence-corrected chi connectivity index (χ2v) is 4.29. The molecule has 0 fully saturated rings. The van der Waals surface area contributed by atoms with E-state index in [9.17, 15) is 27.9 Å². The summed E-state index contributed by atoms with van der Waals surface area (Å²) in [6.07, 6.45) is -4.14. The van der Waals surface area contributed by atoms with Crippen LogP contribution in [0.15, 0.2) is 42.5 Å². The second kappa shape index (κ2) is 5.21. The molecule has 1 heterocycles. The van der Waals surface area contributed by atoms with Crippen LogP contribution >= 0.6 is 0 Å². The number of halogens is 3. The van der Waals surface area contributed by atoms with Crippen LogP contribution in [0.1, 0.15) is 10.4 Å². The van der Waals surface area contributed by atoms with Crippen LogP contribution in [0.4, 0.5) is 13.2 Å². The second-order valence-electron chi connectivity index (χ2n) is 4.29. The van der Waals surface area contributed by atoms with Crippen molar-refractivity contribution in [2.75, 3.05) is 0 Å². The topological polar surface area (TPSA) is 75.6 Å². The monoisotopic (exact) mass is 301 g/mol. The summed E-state index contributed by atoms with van der Waals surface area (Å²) in [5.74, 6) is -5.72. The summed E-state index contributed by atoms with van der Waals surface area (Å²) in [5.41, 5.74) is 0.232. The number of amides is 1. The highest BCUT2D eigenvalue weighted by atomic mass is 19.4. The van der Waals surface area contributed by atoms with E-state index in [4.69, 9.17) is 0 Å². The SMILES string of the molecule is O=C(N[C@H]1C=C[C@](O)(C(F)(F)F)OC1=O)c1ccccc1. The highest BCUT2D eigenvalue weighted by Crippen LogP contribution is 2.34. The molecule has 1 aliphatic heterocycles. The van der Waals surface area contributed by atoms with Gasteiger partial charge < -0.3 is 15.2 Å². The molecule has 0 aromatic heterocycles. The Balaban J connectivity index is 2.12. The first kappa shape index (κ1) is 15.0. The number of ether oxygens (including phenoxy) is 1. The number of hydrogen-bond acceptors (Lipinski definition) is 4. The van der Waals surface area contributed by atoms with Crippen molar-refractivity contribution in [1.82, 2.24) is 5.32 Å². The molecule has 5 nitrogen and oxygen atoms in total. The van der Waals surface area contributed by atoms with Crippen molar-refractivity contribution in [1.29, 1.82) is 0 Å². The Kier molecular flexibility index (Phi) is 3.73. The molecule has 8 heteroatoms. The molecule has 0 saturated carbocycles. The lowest BCUT2D eigenvalue weighted by molar-refractivity contribution is -0.330. The molecule has 0 saturated heterocycles. The third-order valence-electron chi connectivity index (χ3n) is 2.75. The normalized spacial score (nSPS) is 25.3. The number of nitrogens with one attached hydrogen (secondary N) is 1. The quantitative estimate of drug-likeness (QED) is 0.634. The predicted octanol–water partition coefficient (Wildman–Crippen LogP) is 1.15. The van der Waals surface area contributed by atoms with Crippen LogP contribution in [-0.2, 0) is 9.53 Å². The number of carbonyl (C=O) groups is 2. The zero-order chi connectivity index (χ0) is 15.7. The number of benzene rings is 1. The molecule has 0 aliphatic carbocycles. The number of rotatable bonds is 2. The summed E-state index contributed by atoms with van der Waals surface area (Å²) < 4.78 is 41.4. The Bertz CT molecular complexity index is 585. The average molecular weight is 301 g/mol. The van der Waals surface area contributed by atoms with E-state index in [2.05, 4.69) is 10.1 Å². The zero-order valence-corrected chi connectivity index (χ0v) is 10.4. The van der Waals surface area contributed by atoms with E-state index < -0.39 is 29.9 Å². The standard InChI is InChI=1S/C13H10F3NO4/c14-13(15,16)12(20)7-6-9(11(19)21-12)17-10(18)8-4-2-1-3-5-8/h1-7,9,20H,(H,17,18)/t9-,12+/m0/s1. The lowest BCUT2D eigenvalue weighted by Crippen LogP contribution is -2.54. The first-order chi connectivity index (χ1) is 9.73. The lowest BCUT2D eigenvalue weighted by Gasteiger charge is -2.31. The molecular formula is C13H10F3NO4. The van der Waals surface area contributed by atoms with Gasteiger partial charge in [0.25, 0.3) is 5.91 Å². The van der Waals surface area contributed by atoms with E-state index in [-0.39, 0.29) is 11.6 Å². The number of hydrogen-bond donors (Lipinski definition) is 2. The first-order valence-corrected chi connectivity index (χ1v) is 5.80. The molecule has 1 aliphatic rings. The fraction of sp³-hybridized carbons (Fsp3) is 0.231. The summed E-state index contributed by atoms with van der Waals surface area (Å²) in [4.78, 5) is 23.3. The summed E-state index contributed by atoms with van der Waals surface area (Å²) >= 11 is 0. The maximum absolute atomic E-state index is 12.5. The summed E-state index contributed by atoms with van der Waals surface area (Å²) in [6.45, 7) is 0. The van der Waals surface area contributed by atoms with E-state index in [1.807, 2.05) is 0 Å². The van der Waals surface area contributed by atoms with Gasteiger partial charge in [0.15, 0.2) is 0 Å². The largest absolute Gasteiger partial charge is 0.459 e.